The highest BCUT2D eigenvalue weighted by atomic mass is 79.9. The minimum atomic E-state index is -0.0146. The van der Waals surface area contributed by atoms with Gasteiger partial charge < -0.3 is 0 Å². The first-order chi connectivity index (χ1) is 7.08. The predicted molar refractivity (Wildman–Crippen MR) is 68.1 cm³/mol. The topological polar surface area (TPSA) is 30.0 Å². The summed E-state index contributed by atoms with van der Waals surface area (Å²) in [4.78, 5) is 16.3. The van der Waals surface area contributed by atoms with Gasteiger partial charge in [0, 0.05) is 16.8 Å². The summed E-state index contributed by atoms with van der Waals surface area (Å²) in [5.74, 6) is -0.0146. The highest BCUT2D eigenvalue weighted by Gasteiger charge is 2.12. The van der Waals surface area contributed by atoms with E-state index in [0.29, 0.717) is 10.0 Å². The molecular formula is C9H5BrClNOS2. The second kappa shape index (κ2) is 4.33. The molecule has 6 heteroatoms. The first-order valence-electron chi connectivity index (χ1n) is 3.99. The summed E-state index contributed by atoms with van der Waals surface area (Å²) >= 11 is 12.2. The van der Waals surface area contributed by atoms with Crippen molar-refractivity contribution in [3.05, 3.63) is 25.9 Å². The zero-order valence-electron chi connectivity index (χ0n) is 7.58. The molecule has 2 rings (SSSR count). The largest absolute Gasteiger partial charge is 0.293 e. The molecule has 0 amide bonds. The Morgan fingerprint density at radius 3 is 2.80 bits per heavy atom. The van der Waals surface area contributed by atoms with Crippen molar-refractivity contribution in [3.63, 3.8) is 0 Å². The highest BCUT2D eigenvalue weighted by molar-refractivity contribution is 9.10. The molecule has 0 fully saturated rings. The molecule has 0 saturated heterocycles. The lowest BCUT2D eigenvalue weighted by molar-refractivity contribution is 0.101. The Hall–Kier alpha value is -0.230. The van der Waals surface area contributed by atoms with Crippen LogP contribution >= 0.6 is 50.2 Å². The van der Waals surface area contributed by atoms with Crippen molar-refractivity contribution in [1.29, 1.82) is 0 Å². The SMILES string of the molecule is CC(=O)c1csc(-c2cc(Br)c(Cl)s2)n1. The van der Waals surface area contributed by atoms with E-state index >= 15 is 0 Å². The number of carbonyl (C=O) groups excluding carboxylic acids is 1. The second-order valence-corrected chi connectivity index (χ2v) is 6.19. The number of hydrogen-bond acceptors (Lipinski definition) is 4. The Kier molecular flexibility index (Phi) is 3.25. The van der Waals surface area contributed by atoms with Gasteiger partial charge in [-0.25, -0.2) is 4.98 Å². The molecule has 0 bridgehead atoms. The molecule has 15 heavy (non-hydrogen) atoms. The predicted octanol–water partition coefficient (Wildman–Crippen LogP) is 4.49. The van der Waals surface area contributed by atoms with E-state index in [9.17, 15) is 4.79 Å². The van der Waals surface area contributed by atoms with Crippen LogP contribution in [-0.4, -0.2) is 10.8 Å². The van der Waals surface area contributed by atoms with Crippen molar-refractivity contribution < 1.29 is 4.79 Å². The molecule has 0 aromatic carbocycles. The molecule has 2 nitrogen and oxygen atoms in total. The average Bonchev–Trinajstić information content (AvgIpc) is 2.74. The summed E-state index contributed by atoms with van der Waals surface area (Å²) in [5.41, 5.74) is 0.510. The Bertz CT molecular complexity index is 500. The zero-order valence-corrected chi connectivity index (χ0v) is 11.6. The van der Waals surface area contributed by atoms with Gasteiger partial charge in [0.25, 0.3) is 0 Å². The smallest absolute Gasteiger partial charge is 0.178 e. The number of aromatic nitrogens is 1. The van der Waals surface area contributed by atoms with Crippen LogP contribution in [0.1, 0.15) is 17.4 Å². The second-order valence-electron chi connectivity index (χ2n) is 2.83. The van der Waals surface area contributed by atoms with Crippen LogP contribution in [0, 0.1) is 0 Å². The molecular weight excluding hydrogens is 318 g/mol. The molecule has 0 aliphatic rings. The van der Waals surface area contributed by atoms with Gasteiger partial charge >= 0.3 is 0 Å². The molecule has 0 aliphatic carbocycles. The molecule has 0 spiro atoms. The van der Waals surface area contributed by atoms with Crippen molar-refractivity contribution >= 4 is 56.0 Å². The average molecular weight is 323 g/mol. The number of halogens is 2. The van der Waals surface area contributed by atoms with Crippen LogP contribution in [0.15, 0.2) is 15.9 Å². The Morgan fingerprint density at radius 2 is 2.33 bits per heavy atom. The van der Waals surface area contributed by atoms with Crippen LogP contribution in [0.4, 0.5) is 0 Å². The maximum atomic E-state index is 11.1. The monoisotopic (exact) mass is 321 g/mol. The molecule has 0 atom stereocenters. The lowest BCUT2D eigenvalue weighted by atomic mass is 10.3. The Balaban J connectivity index is 2.41. The van der Waals surface area contributed by atoms with Gasteiger partial charge in [-0.2, -0.15) is 0 Å². The maximum Gasteiger partial charge on any atom is 0.178 e. The lowest BCUT2D eigenvalue weighted by Gasteiger charge is -1.86. The fourth-order valence-corrected chi connectivity index (χ4v) is 3.62. The molecule has 2 aromatic heterocycles. The van der Waals surface area contributed by atoms with E-state index in [4.69, 9.17) is 11.6 Å². The summed E-state index contributed by atoms with van der Waals surface area (Å²) < 4.78 is 1.56. The molecule has 2 aromatic rings. The van der Waals surface area contributed by atoms with E-state index in [0.717, 1.165) is 14.4 Å². The van der Waals surface area contributed by atoms with Gasteiger partial charge in [0.1, 0.15) is 15.0 Å². The van der Waals surface area contributed by atoms with Crippen LogP contribution in [0.5, 0.6) is 0 Å². The Labute approximate surface area is 108 Å². The van der Waals surface area contributed by atoms with Crippen molar-refractivity contribution in [2.24, 2.45) is 0 Å². The number of nitrogens with zero attached hydrogens (tertiary/aromatic N) is 1. The van der Waals surface area contributed by atoms with Crippen molar-refractivity contribution in [3.8, 4) is 9.88 Å². The van der Waals surface area contributed by atoms with Crippen LogP contribution in [-0.2, 0) is 0 Å². The number of Topliss-reactive ketones (excluding diaryl/α,β-unsaturated/α-hetero) is 1. The van der Waals surface area contributed by atoms with E-state index in [2.05, 4.69) is 20.9 Å². The number of carbonyl (C=O) groups is 1. The van der Waals surface area contributed by atoms with E-state index in [1.165, 1.54) is 29.6 Å². The van der Waals surface area contributed by atoms with Gasteiger partial charge in [0.15, 0.2) is 5.78 Å². The summed E-state index contributed by atoms with van der Waals surface area (Å²) in [6.45, 7) is 1.51. The van der Waals surface area contributed by atoms with Crippen molar-refractivity contribution in [2.45, 2.75) is 6.92 Å². The lowest BCUT2D eigenvalue weighted by Crippen LogP contribution is -1.90. The molecule has 2 heterocycles. The van der Waals surface area contributed by atoms with Gasteiger partial charge in [0.2, 0.25) is 0 Å². The summed E-state index contributed by atoms with van der Waals surface area (Å²) in [6.07, 6.45) is 0. The molecule has 0 N–H and O–H groups in total. The van der Waals surface area contributed by atoms with E-state index in [1.807, 2.05) is 6.07 Å². The van der Waals surface area contributed by atoms with Crippen LogP contribution in [0.2, 0.25) is 4.34 Å². The van der Waals surface area contributed by atoms with Gasteiger partial charge in [-0.1, -0.05) is 11.6 Å². The number of thiophene rings is 1. The normalized spacial score (nSPS) is 10.6. The maximum absolute atomic E-state index is 11.1. The molecule has 0 saturated carbocycles. The number of hydrogen-bond donors (Lipinski definition) is 0. The fraction of sp³-hybridized carbons (Fsp3) is 0.111. The van der Waals surface area contributed by atoms with Gasteiger partial charge in [-0.3, -0.25) is 4.79 Å². The van der Waals surface area contributed by atoms with Crippen molar-refractivity contribution in [1.82, 2.24) is 4.98 Å². The Morgan fingerprint density at radius 1 is 1.60 bits per heavy atom. The van der Waals surface area contributed by atoms with Gasteiger partial charge in [0.05, 0.1) is 4.88 Å². The third kappa shape index (κ3) is 2.30. The fourth-order valence-electron chi connectivity index (χ4n) is 1.00. The number of rotatable bonds is 2. The molecule has 78 valence electrons. The van der Waals surface area contributed by atoms with Gasteiger partial charge in [-0.15, -0.1) is 22.7 Å². The number of thiazole rings is 1. The van der Waals surface area contributed by atoms with E-state index in [-0.39, 0.29) is 5.78 Å². The molecule has 0 aliphatic heterocycles. The first kappa shape index (κ1) is 11.3. The van der Waals surface area contributed by atoms with Crippen LogP contribution in [0.3, 0.4) is 0 Å². The van der Waals surface area contributed by atoms with E-state index in [1.54, 1.807) is 5.38 Å². The molecule has 0 unspecified atom stereocenters. The third-order valence-electron chi connectivity index (χ3n) is 1.72. The van der Waals surface area contributed by atoms with Gasteiger partial charge in [-0.05, 0) is 22.0 Å². The standard InChI is InChI=1S/C9H5BrClNOS2/c1-4(13)6-3-14-9(12-6)7-2-5(10)8(11)15-7/h2-3H,1H3. The zero-order chi connectivity index (χ0) is 11.0. The highest BCUT2D eigenvalue weighted by Crippen LogP contribution is 2.38. The summed E-state index contributed by atoms with van der Waals surface area (Å²) in [7, 11) is 0. The van der Waals surface area contributed by atoms with E-state index < -0.39 is 0 Å². The summed E-state index contributed by atoms with van der Waals surface area (Å²) in [6, 6.07) is 1.91. The quantitative estimate of drug-likeness (QED) is 0.763. The first-order valence-corrected chi connectivity index (χ1v) is 6.86. The summed E-state index contributed by atoms with van der Waals surface area (Å²) in [5, 5.41) is 2.59. The van der Waals surface area contributed by atoms with Crippen LogP contribution < -0.4 is 0 Å². The van der Waals surface area contributed by atoms with Crippen LogP contribution in [0.25, 0.3) is 9.88 Å². The minimum Gasteiger partial charge on any atom is -0.293 e. The molecule has 0 radical (unpaired) electrons. The van der Waals surface area contributed by atoms with Crippen molar-refractivity contribution in [2.75, 3.05) is 0 Å². The minimum absolute atomic E-state index is 0.0146. The third-order valence-corrected chi connectivity index (χ3v) is 5.21. The number of ketones is 1.